The Morgan fingerprint density at radius 2 is 1.89 bits per heavy atom. The van der Waals surface area contributed by atoms with E-state index in [4.69, 9.17) is 27.9 Å². The maximum Gasteiger partial charge on any atom is 0.128 e. The normalized spacial score (nSPS) is 10.2. The Kier molecular flexibility index (Phi) is 4.30. The second-order valence-electron chi connectivity index (χ2n) is 3.81. The number of aromatic carboxylic acids is 1. The molecule has 0 heterocycles. The molecule has 0 amide bonds. The van der Waals surface area contributed by atoms with Gasteiger partial charge in [-0.1, -0.05) is 41.4 Å². The second-order valence-corrected chi connectivity index (χ2v) is 4.65. The van der Waals surface area contributed by atoms with Crippen molar-refractivity contribution >= 4 is 29.2 Å². The standard InChI is InChI=1S/C14H10Cl2O3/c15-10-6-5-9(12(16)7-10)8-19-13-4-2-1-3-11(13)14(17)18/h1-7H,8H2,(H,17,18)/p-1. The zero-order chi connectivity index (χ0) is 13.8. The molecule has 0 aliphatic rings. The maximum atomic E-state index is 10.9. The molecule has 2 rings (SSSR count). The van der Waals surface area contributed by atoms with E-state index in [1.807, 2.05) is 0 Å². The Hall–Kier alpha value is -1.71. The number of benzene rings is 2. The van der Waals surface area contributed by atoms with Gasteiger partial charge in [-0.2, -0.15) is 0 Å². The van der Waals surface area contributed by atoms with Crippen molar-refractivity contribution in [2.24, 2.45) is 0 Å². The SMILES string of the molecule is O=C([O-])c1ccccc1OCc1ccc(Cl)cc1Cl. The molecule has 0 atom stereocenters. The Labute approximate surface area is 120 Å². The minimum atomic E-state index is -1.28. The van der Waals surface area contributed by atoms with Crippen LogP contribution < -0.4 is 9.84 Å². The van der Waals surface area contributed by atoms with Crippen LogP contribution in [0.25, 0.3) is 0 Å². The lowest BCUT2D eigenvalue weighted by atomic mass is 10.2. The number of halogens is 2. The predicted octanol–water partition coefficient (Wildman–Crippen LogP) is 2.94. The summed E-state index contributed by atoms with van der Waals surface area (Å²) in [5, 5.41) is 11.9. The van der Waals surface area contributed by atoms with Crippen molar-refractivity contribution in [2.75, 3.05) is 0 Å². The predicted molar refractivity (Wildman–Crippen MR) is 71.6 cm³/mol. The van der Waals surface area contributed by atoms with Crippen LogP contribution in [-0.4, -0.2) is 5.97 Å². The topological polar surface area (TPSA) is 49.4 Å². The van der Waals surface area contributed by atoms with Gasteiger partial charge in [0.2, 0.25) is 0 Å². The molecule has 0 bridgehead atoms. The van der Waals surface area contributed by atoms with Crippen LogP contribution in [0, 0.1) is 0 Å². The maximum absolute atomic E-state index is 10.9. The van der Waals surface area contributed by atoms with Gasteiger partial charge in [-0.3, -0.25) is 0 Å². The highest BCUT2D eigenvalue weighted by Crippen LogP contribution is 2.24. The number of para-hydroxylation sites is 1. The molecule has 0 aromatic heterocycles. The van der Waals surface area contributed by atoms with Gasteiger partial charge in [0.15, 0.2) is 0 Å². The molecule has 0 spiro atoms. The summed E-state index contributed by atoms with van der Waals surface area (Å²) in [7, 11) is 0. The van der Waals surface area contributed by atoms with E-state index < -0.39 is 5.97 Å². The van der Waals surface area contributed by atoms with Crippen LogP contribution in [0.2, 0.25) is 10.0 Å². The summed E-state index contributed by atoms with van der Waals surface area (Å²) in [4.78, 5) is 10.9. The van der Waals surface area contributed by atoms with Crippen molar-refractivity contribution in [3.8, 4) is 5.75 Å². The van der Waals surface area contributed by atoms with E-state index in [1.165, 1.54) is 6.07 Å². The van der Waals surface area contributed by atoms with Gasteiger partial charge in [-0.25, -0.2) is 0 Å². The fourth-order valence-corrected chi connectivity index (χ4v) is 2.02. The molecule has 0 saturated carbocycles. The number of hydrogen-bond acceptors (Lipinski definition) is 3. The monoisotopic (exact) mass is 295 g/mol. The molecule has 0 aliphatic carbocycles. The molecule has 2 aromatic rings. The third kappa shape index (κ3) is 3.40. The van der Waals surface area contributed by atoms with Gasteiger partial charge in [0, 0.05) is 21.2 Å². The van der Waals surface area contributed by atoms with Gasteiger partial charge in [-0.15, -0.1) is 0 Å². The second kappa shape index (κ2) is 5.95. The van der Waals surface area contributed by atoms with Gasteiger partial charge in [0.05, 0.1) is 5.97 Å². The fraction of sp³-hybridized carbons (Fsp3) is 0.0714. The minimum absolute atomic E-state index is 0.00702. The van der Waals surface area contributed by atoms with Crippen LogP contribution >= 0.6 is 23.2 Å². The van der Waals surface area contributed by atoms with Gasteiger partial charge in [-0.05, 0) is 24.3 Å². The highest BCUT2D eigenvalue weighted by molar-refractivity contribution is 6.35. The number of ether oxygens (including phenoxy) is 1. The third-order valence-corrected chi connectivity index (χ3v) is 3.09. The molecule has 0 saturated heterocycles. The highest BCUT2D eigenvalue weighted by atomic mass is 35.5. The first-order chi connectivity index (χ1) is 9.08. The molecule has 5 heteroatoms. The number of carboxylic acid groups (broad SMARTS) is 1. The Morgan fingerprint density at radius 1 is 1.16 bits per heavy atom. The molecular formula is C14H9Cl2O3-. The molecule has 98 valence electrons. The van der Waals surface area contributed by atoms with Gasteiger partial charge < -0.3 is 14.6 Å². The van der Waals surface area contributed by atoms with E-state index in [1.54, 1.807) is 36.4 Å². The van der Waals surface area contributed by atoms with E-state index in [9.17, 15) is 9.90 Å². The van der Waals surface area contributed by atoms with E-state index >= 15 is 0 Å². The molecule has 0 unspecified atom stereocenters. The third-order valence-electron chi connectivity index (χ3n) is 2.51. The lowest BCUT2D eigenvalue weighted by Crippen LogP contribution is -2.23. The summed E-state index contributed by atoms with van der Waals surface area (Å²) < 4.78 is 5.46. The van der Waals surface area contributed by atoms with Crippen LogP contribution in [0.3, 0.4) is 0 Å². The van der Waals surface area contributed by atoms with E-state index in [0.29, 0.717) is 10.0 Å². The van der Waals surface area contributed by atoms with Crippen molar-refractivity contribution in [3.63, 3.8) is 0 Å². The number of hydrogen-bond donors (Lipinski definition) is 0. The average Bonchev–Trinajstić information content (AvgIpc) is 2.38. The molecule has 0 radical (unpaired) electrons. The molecule has 0 fully saturated rings. The van der Waals surface area contributed by atoms with Crippen LogP contribution in [0.4, 0.5) is 0 Å². The van der Waals surface area contributed by atoms with Gasteiger partial charge in [0.1, 0.15) is 12.4 Å². The molecule has 2 aromatic carbocycles. The number of carbonyl (C=O) groups excluding carboxylic acids is 1. The first kappa shape index (κ1) is 13.7. The van der Waals surface area contributed by atoms with Crippen molar-refractivity contribution in [2.45, 2.75) is 6.61 Å². The van der Waals surface area contributed by atoms with E-state index in [-0.39, 0.29) is 17.9 Å². The van der Waals surface area contributed by atoms with Crippen molar-refractivity contribution in [1.29, 1.82) is 0 Å². The van der Waals surface area contributed by atoms with Crippen LogP contribution in [-0.2, 0) is 6.61 Å². The number of carbonyl (C=O) groups is 1. The molecule has 19 heavy (non-hydrogen) atoms. The first-order valence-corrected chi connectivity index (χ1v) is 6.20. The molecule has 0 aliphatic heterocycles. The summed E-state index contributed by atoms with van der Waals surface area (Å²) in [6.45, 7) is 0.153. The largest absolute Gasteiger partial charge is 0.545 e. The van der Waals surface area contributed by atoms with Crippen LogP contribution in [0.5, 0.6) is 5.75 Å². The quantitative estimate of drug-likeness (QED) is 0.871. The zero-order valence-electron chi connectivity index (χ0n) is 9.73. The van der Waals surface area contributed by atoms with Crippen LogP contribution in [0.1, 0.15) is 15.9 Å². The Balaban J connectivity index is 2.17. The number of rotatable bonds is 4. The van der Waals surface area contributed by atoms with Crippen molar-refractivity contribution in [3.05, 3.63) is 63.6 Å². The summed E-state index contributed by atoms with van der Waals surface area (Å²) in [6.07, 6.45) is 0. The molecular weight excluding hydrogens is 287 g/mol. The summed E-state index contributed by atoms with van der Waals surface area (Å²) >= 11 is 11.8. The lowest BCUT2D eigenvalue weighted by Gasteiger charge is -2.12. The summed E-state index contributed by atoms with van der Waals surface area (Å²) in [5.74, 6) is -1.04. The van der Waals surface area contributed by atoms with Crippen LogP contribution in [0.15, 0.2) is 42.5 Å². The summed E-state index contributed by atoms with van der Waals surface area (Å²) in [6, 6.07) is 11.3. The smallest absolute Gasteiger partial charge is 0.128 e. The lowest BCUT2D eigenvalue weighted by molar-refractivity contribution is -0.255. The molecule has 3 nitrogen and oxygen atoms in total. The van der Waals surface area contributed by atoms with Crippen molar-refractivity contribution < 1.29 is 14.6 Å². The van der Waals surface area contributed by atoms with E-state index in [2.05, 4.69) is 0 Å². The first-order valence-electron chi connectivity index (χ1n) is 5.45. The highest BCUT2D eigenvalue weighted by Gasteiger charge is 2.06. The van der Waals surface area contributed by atoms with Gasteiger partial charge in [0.25, 0.3) is 0 Å². The molecule has 0 N–H and O–H groups in total. The minimum Gasteiger partial charge on any atom is -0.545 e. The zero-order valence-corrected chi connectivity index (χ0v) is 11.2. The van der Waals surface area contributed by atoms with Gasteiger partial charge >= 0.3 is 0 Å². The van der Waals surface area contributed by atoms with Crippen molar-refractivity contribution in [1.82, 2.24) is 0 Å². The Bertz CT molecular complexity index is 611. The average molecular weight is 296 g/mol. The Morgan fingerprint density at radius 3 is 2.58 bits per heavy atom. The van der Waals surface area contributed by atoms with E-state index in [0.717, 1.165) is 5.56 Å². The number of carboxylic acids is 1. The summed E-state index contributed by atoms with van der Waals surface area (Å²) in [5.41, 5.74) is 0.729. The fourth-order valence-electron chi connectivity index (χ4n) is 1.56.